The molecule has 0 spiro atoms. The number of carbonyl (C=O) groups is 1. The van der Waals surface area contributed by atoms with Gasteiger partial charge >= 0.3 is 0 Å². The average molecular weight is 934 g/mol. The second-order valence-electron chi connectivity index (χ2n) is 10.6. The summed E-state index contributed by atoms with van der Waals surface area (Å²) in [6.45, 7) is 0.343. The molecule has 1 amide bonds. The van der Waals surface area contributed by atoms with Crippen LogP contribution in [-0.2, 0) is 23.1 Å². The summed E-state index contributed by atoms with van der Waals surface area (Å²) in [5.74, 6) is 3.49. The third-order valence-corrected chi connectivity index (χ3v) is 13.7. The van der Waals surface area contributed by atoms with E-state index in [1.807, 2.05) is 59.4 Å². The molecule has 2 atom stereocenters. The molecule has 0 aromatic heterocycles. The molecule has 6 nitrogen and oxygen atoms in total. The van der Waals surface area contributed by atoms with Gasteiger partial charge in [0.05, 0.1) is 39.8 Å². The number of allylic oxidation sites excluding steroid dienone is 3. The number of ether oxygens (including phenoxy) is 3. The van der Waals surface area contributed by atoms with Crippen LogP contribution in [0.1, 0.15) is 17.5 Å². The molecule has 2 unspecified atom stereocenters. The van der Waals surface area contributed by atoms with Gasteiger partial charge in [0.1, 0.15) is 29.2 Å². The Labute approximate surface area is 306 Å². The molecule has 2 saturated heterocycles. The van der Waals surface area contributed by atoms with Gasteiger partial charge in [-0.15, -0.1) is 23.5 Å². The molecular weight excluding hydrogens is 908 g/mol. The highest BCUT2D eigenvalue weighted by molar-refractivity contribution is 14.1. The maximum Gasteiger partial charge on any atom is 0.252 e. The number of carbonyl (C=O) groups excluding carboxylic acids is 1. The number of fused-ring (bicyclic) bond motifs is 3. The molecule has 2 aromatic rings. The molecule has 0 saturated carbocycles. The predicted octanol–water partition coefficient (Wildman–Crippen LogP) is 8.27. The van der Waals surface area contributed by atoms with Gasteiger partial charge in [0.15, 0.2) is 28.7 Å². The molecule has 2 aromatic carbocycles. The molecule has 13 heteroatoms. The topological polar surface area (TPSA) is 66.0 Å². The van der Waals surface area contributed by atoms with E-state index in [9.17, 15) is 4.79 Å². The minimum absolute atomic E-state index is 0.144. The fourth-order valence-electron chi connectivity index (χ4n) is 6.13. The summed E-state index contributed by atoms with van der Waals surface area (Å²) < 4.78 is 25.2. The lowest BCUT2D eigenvalue weighted by Crippen LogP contribution is -2.53. The van der Waals surface area contributed by atoms with Crippen LogP contribution in [0.4, 0.5) is 0 Å². The maximum atomic E-state index is 14.6. The predicted molar refractivity (Wildman–Crippen MR) is 196 cm³/mol. The van der Waals surface area contributed by atoms with Crippen LogP contribution < -0.4 is 14.8 Å². The summed E-state index contributed by atoms with van der Waals surface area (Å²) in [5, 5.41) is 3.35. The Hall–Kier alpha value is -0.835. The Kier molecular flexibility index (Phi) is 10.0. The van der Waals surface area contributed by atoms with Gasteiger partial charge in [0.2, 0.25) is 0 Å². The maximum absolute atomic E-state index is 14.6. The van der Waals surface area contributed by atoms with Crippen LogP contribution in [0.25, 0.3) is 0 Å². The van der Waals surface area contributed by atoms with Gasteiger partial charge in [-0.3, -0.25) is 4.79 Å². The van der Waals surface area contributed by atoms with Crippen molar-refractivity contribution >= 4 is 108 Å². The number of hydrogen-bond donors (Lipinski definition) is 1. The Morgan fingerprint density at radius 1 is 1.05 bits per heavy atom. The van der Waals surface area contributed by atoms with Gasteiger partial charge in [0, 0.05) is 17.9 Å². The summed E-state index contributed by atoms with van der Waals surface area (Å²) in [6, 6.07) is 10.1. The van der Waals surface area contributed by atoms with Crippen LogP contribution in [0, 0.1) is 5.92 Å². The highest BCUT2D eigenvalue weighted by Crippen LogP contribution is 2.61. The fourth-order valence-corrected chi connectivity index (χ4v) is 12.0. The zero-order chi connectivity index (χ0) is 31.2. The number of amides is 1. The first-order valence-corrected chi connectivity index (χ1v) is 18.9. The minimum Gasteiger partial charge on any atom is -0.496 e. The summed E-state index contributed by atoms with van der Waals surface area (Å²) in [4.78, 5) is 14.6. The quantitative estimate of drug-likeness (QED) is 0.222. The molecule has 0 bridgehead atoms. The van der Waals surface area contributed by atoms with E-state index in [0.717, 1.165) is 59.4 Å². The van der Waals surface area contributed by atoms with Crippen LogP contribution in [0.3, 0.4) is 0 Å². The van der Waals surface area contributed by atoms with Gasteiger partial charge in [0.25, 0.3) is 5.91 Å². The van der Waals surface area contributed by atoms with Gasteiger partial charge in [-0.1, -0.05) is 23.7 Å². The van der Waals surface area contributed by atoms with Crippen molar-refractivity contribution in [3.05, 3.63) is 101 Å². The van der Waals surface area contributed by atoms with E-state index in [2.05, 4.69) is 65.2 Å². The lowest BCUT2D eigenvalue weighted by Gasteiger charge is -2.42. The second-order valence-corrected chi connectivity index (χ2v) is 16.5. The van der Waals surface area contributed by atoms with E-state index in [-0.39, 0.29) is 11.8 Å². The van der Waals surface area contributed by atoms with E-state index in [1.54, 1.807) is 37.7 Å². The highest BCUT2D eigenvalue weighted by atomic mass is 127. The van der Waals surface area contributed by atoms with E-state index in [0.29, 0.717) is 35.6 Å². The Bertz CT molecular complexity index is 1640. The molecule has 1 N–H and O–H groups in total. The first kappa shape index (κ1) is 33.1. The van der Waals surface area contributed by atoms with Crippen molar-refractivity contribution in [3.8, 4) is 11.5 Å². The van der Waals surface area contributed by atoms with Crippen LogP contribution >= 0.6 is 94.3 Å². The normalized spacial score (nSPS) is 24.3. The molecule has 44 heavy (non-hydrogen) atoms. The smallest absolute Gasteiger partial charge is 0.252 e. The number of benzene rings is 2. The van der Waals surface area contributed by atoms with Crippen molar-refractivity contribution in [1.29, 1.82) is 0 Å². The molecule has 2 fully saturated rings. The zero-order valence-corrected chi connectivity index (χ0v) is 32.2. The molecular formula is C31H26BBr3INO5S2. The van der Waals surface area contributed by atoms with Gasteiger partial charge in [-0.25, -0.2) is 0 Å². The van der Waals surface area contributed by atoms with Gasteiger partial charge in [-0.05, 0) is 113 Å². The van der Waals surface area contributed by atoms with Crippen molar-refractivity contribution in [2.45, 2.75) is 22.6 Å². The number of methoxy groups -OCH3 is 2. The Balaban J connectivity index is 1.62. The largest absolute Gasteiger partial charge is 0.496 e. The summed E-state index contributed by atoms with van der Waals surface area (Å²) in [7, 11) is 9.73. The van der Waals surface area contributed by atoms with Crippen LogP contribution in [-0.4, -0.2) is 51.8 Å². The lowest BCUT2D eigenvalue weighted by molar-refractivity contribution is -0.124. The molecule has 3 heterocycles. The van der Waals surface area contributed by atoms with Crippen molar-refractivity contribution in [3.63, 3.8) is 0 Å². The monoisotopic (exact) mass is 931 g/mol. The molecule has 228 valence electrons. The van der Waals surface area contributed by atoms with Crippen molar-refractivity contribution in [2.75, 3.05) is 32.3 Å². The van der Waals surface area contributed by atoms with Crippen molar-refractivity contribution in [2.24, 2.45) is 5.92 Å². The van der Waals surface area contributed by atoms with Crippen LogP contribution in [0.5, 0.6) is 11.5 Å². The van der Waals surface area contributed by atoms with Gasteiger partial charge in [-0.2, -0.15) is 0 Å². The standard InChI is InChI=1S/C31H26BBr3INO5S2/c1-39-25-6-4-16(10-21(25)33)14-30-26(19-5-7-24(42-36)20(32)11-17(19)15-41-30)27(29(38)37-30)31(43-8-3-9-44-31)18-12-22(34)28(40-2)23(35)13-18/h4-7,10-13,17H,3,8-9,14-15H2,1-2H3,(H,37,38). The summed E-state index contributed by atoms with van der Waals surface area (Å²) in [6.07, 6.45) is 7.36. The third-order valence-electron chi connectivity index (χ3n) is 8.04. The zero-order valence-electron chi connectivity index (χ0n) is 23.7. The van der Waals surface area contributed by atoms with E-state index < -0.39 is 9.80 Å². The second kappa shape index (κ2) is 13.3. The molecule has 3 aliphatic heterocycles. The van der Waals surface area contributed by atoms with Crippen LogP contribution in [0.2, 0.25) is 0 Å². The Morgan fingerprint density at radius 2 is 1.77 bits per heavy atom. The van der Waals surface area contributed by atoms with E-state index in [1.165, 1.54) is 0 Å². The number of hydrogen-bond acceptors (Lipinski definition) is 7. The van der Waals surface area contributed by atoms with E-state index >= 15 is 0 Å². The number of thioether (sulfide) groups is 2. The Morgan fingerprint density at radius 3 is 2.41 bits per heavy atom. The average Bonchev–Trinajstić information content (AvgIpc) is 3.19. The van der Waals surface area contributed by atoms with E-state index in [4.69, 9.17) is 25.1 Å². The molecule has 4 aliphatic rings. The van der Waals surface area contributed by atoms with Crippen molar-refractivity contribution < 1.29 is 22.1 Å². The number of nitrogens with one attached hydrogen (secondary N) is 1. The SMILES string of the molecule is [B]C1=CC2COC3(Cc4ccc(OC)c(Br)c4)NC(=O)C(C4(c5cc(Br)c(OC)c(Br)c5)SCCCS4)=C3C2=CC=C1OI. The lowest BCUT2D eigenvalue weighted by atomic mass is 9.78. The fraction of sp³-hybridized carbons (Fsp3) is 0.323. The van der Waals surface area contributed by atoms with Gasteiger partial charge < -0.3 is 22.6 Å². The minimum atomic E-state index is -1.10. The first-order valence-electron chi connectivity index (χ1n) is 13.7. The number of halogens is 4. The number of rotatable bonds is 7. The molecule has 1 aliphatic carbocycles. The van der Waals surface area contributed by atoms with Crippen molar-refractivity contribution in [1.82, 2.24) is 5.32 Å². The molecule has 2 radical (unpaired) electrons. The summed E-state index contributed by atoms with van der Waals surface area (Å²) >= 11 is 16.5. The van der Waals surface area contributed by atoms with Crippen LogP contribution in [0.15, 0.2) is 89.9 Å². The highest BCUT2D eigenvalue weighted by Gasteiger charge is 2.58. The first-order chi connectivity index (χ1) is 21.2. The summed E-state index contributed by atoms with van der Waals surface area (Å²) in [5.41, 5.74) is 3.95. The third kappa shape index (κ3) is 5.78. The molecule has 6 rings (SSSR count).